The number of amides is 2. The summed E-state index contributed by atoms with van der Waals surface area (Å²) in [6.45, 7) is 2.33. The Balaban J connectivity index is 3.45. The van der Waals surface area contributed by atoms with E-state index in [0.29, 0.717) is 6.54 Å². The Kier molecular flexibility index (Phi) is 7.35. The van der Waals surface area contributed by atoms with Crippen molar-refractivity contribution in [3.8, 4) is 0 Å². The van der Waals surface area contributed by atoms with Crippen LogP contribution in [0.1, 0.15) is 26.2 Å². The Morgan fingerprint density at radius 3 is 2.47 bits per heavy atom. The van der Waals surface area contributed by atoms with E-state index in [9.17, 15) is 9.59 Å². The van der Waals surface area contributed by atoms with Gasteiger partial charge in [0, 0.05) is 6.54 Å². The maximum Gasteiger partial charge on any atom is 0.334 e. The average molecular weight is 218 g/mol. The van der Waals surface area contributed by atoms with Crippen LogP contribution in [0.15, 0.2) is 0 Å². The fourth-order valence-electron chi connectivity index (χ4n) is 0.916. The zero-order chi connectivity index (χ0) is 11.7. The van der Waals surface area contributed by atoms with E-state index in [1.54, 1.807) is 0 Å². The van der Waals surface area contributed by atoms with Crippen molar-refractivity contribution in [1.82, 2.24) is 10.6 Å². The molecule has 0 aliphatic carbocycles. The number of aliphatic hydroxyl groups excluding tert-OH is 1. The molecule has 1 atom stereocenters. The summed E-state index contributed by atoms with van der Waals surface area (Å²) < 4.78 is 0. The molecule has 0 aliphatic heterocycles. The summed E-state index contributed by atoms with van der Waals surface area (Å²) in [4.78, 5) is 21.2. The molecular formula is C9H18N2O4. The quantitative estimate of drug-likeness (QED) is 0.449. The number of carbonyl (C=O) groups excluding carboxylic acids is 1. The van der Waals surface area contributed by atoms with Gasteiger partial charge in [0.05, 0.1) is 6.54 Å². The normalized spacial score (nSPS) is 11.9. The van der Waals surface area contributed by atoms with Gasteiger partial charge in [-0.1, -0.05) is 19.8 Å². The second-order valence-corrected chi connectivity index (χ2v) is 3.20. The maximum absolute atomic E-state index is 11.0. The summed E-state index contributed by atoms with van der Waals surface area (Å²) in [5.74, 6) is -1.35. The van der Waals surface area contributed by atoms with Gasteiger partial charge in [0.25, 0.3) is 0 Å². The number of carbonyl (C=O) groups is 2. The van der Waals surface area contributed by atoms with E-state index in [1.165, 1.54) is 0 Å². The zero-order valence-electron chi connectivity index (χ0n) is 8.82. The molecule has 88 valence electrons. The topological polar surface area (TPSA) is 98.7 Å². The molecule has 2 amide bonds. The van der Waals surface area contributed by atoms with Crippen molar-refractivity contribution in [1.29, 1.82) is 0 Å². The van der Waals surface area contributed by atoms with Gasteiger partial charge in [-0.05, 0) is 6.42 Å². The molecule has 0 spiro atoms. The molecule has 0 aromatic rings. The van der Waals surface area contributed by atoms with Crippen LogP contribution in [-0.4, -0.2) is 41.4 Å². The lowest BCUT2D eigenvalue weighted by molar-refractivity contribution is -0.146. The van der Waals surface area contributed by atoms with Crippen LogP contribution in [0.4, 0.5) is 4.79 Å². The van der Waals surface area contributed by atoms with Gasteiger partial charge in [-0.25, -0.2) is 9.59 Å². The molecule has 4 N–H and O–H groups in total. The second-order valence-electron chi connectivity index (χ2n) is 3.20. The maximum atomic E-state index is 11.0. The summed E-state index contributed by atoms with van der Waals surface area (Å²) >= 11 is 0. The van der Waals surface area contributed by atoms with E-state index >= 15 is 0 Å². The van der Waals surface area contributed by atoms with Crippen LogP contribution >= 0.6 is 0 Å². The fourth-order valence-corrected chi connectivity index (χ4v) is 0.916. The Bertz CT molecular complexity index is 208. The minimum absolute atomic E-state index is 0.283. The van der Waals surface area contributed by atoms with Gasteiger partial charge in [0.1, 0.15) is 0 Å². The van der Waals surface area contributed by atoms with Crippen molar-refractivity contribution < 1.29 is 19.8 Å². The van der Waals surface area contributed by atoms with Crippen molar-refractivity contribution in [3.63, 3.8) is 0 Å². The minimum Gasteiger partial charge on any atom is -0.479 e. The largest absolute Gasteiger partial charge is 0.479 e. The van der Waals surface area contributed by atoms with E-state index < -0.39 is 18.1 Å². The van der Waals surface area contributed by atoms with Crippen LogP contribution in [0.3, 0.4) is 0 Å². The first-order valence-corrected chi connectivity index (χ1v) is 5.00. The highest BCUT2D eigenvalue weighted by molar-refractivity contribution is 5.76. The first-order valence-electron chi connectivity index (χ1n) is 5.00. The number of rotatable bonds is 7. The van der Waals surface area contributed by atoms with Crippen LogP contribution in [0.25, 0.3) is 0 Å². The number of aliphatic hydroxyl groups is 1. The third-order valence-corrected chi connectivity index (χ3v) is 1.81. The summed E-state index contributed by atoms with van der Waals surface area (Å²) in [5.41, 5.74) is 0. The summed E-state index contributed by atoms with van der Waals surface area (Å²) in [6, 6.07) is -0.452. The Hall–Kier alpha value is -1.30. The lowest BCUT2D eigenvalue weighted by Crippen LogP contribution is -2.42. The van der Waals surface area contributed by atoms with Crippen molar-refractivity contribution in [2.75, 3.05) is 13.1 Å². The van der Waals surface area contributed by atoms with E-state index in [1.807, 2.05) is 0 Å². The van der Waals surface area contributed by atoms with Crippen LogP contribution in [-0.2, 0) is 4.79 Å². The molecule has 0 bridgehead atoms. The number of carboxylic acid groups (broad SMARTS) is 1. The van der Waals surface area contributed by atoms with E-state index in [0.717, 1.165) is 19.3 Å². The highest BCUT2D eigenvalue weighted by Gasteiger charge is 2.13. The predicted octanol–water partition coefficient (Wildman–Crippen LogP) is -0.0787. The lowest BCUT2D eigenvalue weighted by Gasteiger charge is -2.08. The monoisotopic (exact) mass is 218 g/mol. The molecule has 0 fully saturated rings. The van der Waals surface area contributed by atoms with Crippen LogP contribution in [0.5, 0.6) is 0 Å². The summed E-state index contributed by atoms with van der Waals surface area (Å²) in [7, 11) is 0. The number of carboxylic acids is 1. The number of urea groups is 1. The number of unbranched alkanes of at least 4 members (excludes halogenated alkanes) is 2. The van der Waals surface area contributed by atoms with Crippen molar-refractivity contribution >= 4 is 12.0 Å². The predicted molar refractivity (Wildman–Crippen MR) is 54.6 cm³/mol. The van der Waals surface area contributed by atoms with Gasteiger partial charge in [-0.2, -0.15) is 0 Å². The number of nitrogens with one attached hydrogen (secondary N) is 2. The Morgan fingerprint density at radius 1 is 1.27 bits per heavy atom. The molecule has 6 heteroatoms. The first kappa shape index (κ1) is 13.7. The van der Waals surface area contributed by atoms with Crippen LogP contribution in [0, 0.1) is 0 Å². The van der Waals surface area contributed by atoms with Gasteiger partial charge in [0.2, 0.25) is 0 Å². The molecular weight excluding hydrogens is 200 g/mol. The lowest BCUT2D eigenvalue weighted by atomic mass is 10.2. The average Bonchev–Trinajstić information content (AvgIpc) is 2.20. The second kappa shape index (κ2) is 8.05. The van der Waals surface area contributed by atoms with Gasteiger partial charge in [-0.15, -0.1) is 0 Å². The number of hydrogen-bond acceptors (Lipinski definition) is 3. The molecule has 6 nitrogen and oxygen atoms in total. The Labute approximate surface area is 88.7 Å². The third kappa shape index (κ3) is 7.75. The van der Waals surface area contributed by atoms with Gasteiger partial charge < -0.3 is 20.8 Å². The molecule has 0 saturated heterocycles. The fraction of sp³-hybridized carbons (Fsp3) is 0.778. The van der Waals surface area contributed by atoms with E-state index in [4.69, 9.17) is 10.2 Å². The third-order valence-electron chi connectivity index (χ3n) is 1.81. The SMILES string of the molecule is CCCCCNC(=O)NCC(O)C(=O)O. The molecule has 0 heterocycles. The van der Waals surface area contributed by atoms with Crippen molar-refractivity contribution in [2.45, 2.75) is 32.3 Å². The minimum atomic E-state index is -1.55. The standard InChI is InChI=1S/C9H18N2O4/c1-2-3-4-5-10-9(15)11-6-7(12)8(13)14/h7,12H,2-6H2,1H3,(H,13,14)(H2,10,11,15). The van der Waals surface area contributed by atoms with Crippen LogP contribution < -0.4 is 10.6 Å². The number of hydrogen-bond donors (Lipinski definition) is 4. The molecule has 0 radical (unpaired) electrons. The first-order chi connectivity index (χ1) is 7.07. The van der Waals surface area contributed by atoms with E-state index in [-0.39, 0.29) is 6.54 Å². The summed E-state index contributed by atoms with van der Waals surface area (Å²) in [5, 5.41) is 22.0. The van der Waals surface area contributed by atoms with Crippen molar-refractivity contribution in [3.05, 3.63) is 0 Å². The number of aliphatic carboxylic acids is 1. The van der Waals surface area contributed by atoms with Crippen LogP contribution in [0.2, 0.25) is 0 Å². The molecule has 0 aromatic heterocycles. The molecule has 0 saturated carbocycles. The summed E-state index contributed by atoms with van der Waals surface area (Å²) in [6.07, 6.45) is 1.45. The Morgan fingerprint density at radius 2 is 1.93 bits per heavy atom. The molecule has 0 rings (SSSR count). The molecule has 1 unspecified atom stereocenters. The highest BCUT2D eigenvalue weighted by Crippen LogP contribution is 1.90. The van der Waals surface area contributed by atoms with Gasteiger partial charge >= 0.3 is 12.0 Å². The van der Waals surface area contributed by atoms with E-state index in [2.05, 4.69) is 17.6 Å². The molecule has 15 heavy (non-hydrogen) atoms. The zero-order valence-corrected chi connectivity index (χ0v) is 8.82. The van der Waals surface area contributed by atoms with Gasteiger partial charge in [-0.3, -0.25) is 0 Å². The molecule has 0 aromatic carbocycles. The van der Waals surface area contributed by atoms with Crippen molar-refractivity contribution in [2.24, 2.45) is 0 Å². The van der Waals surface area contributed by atoms with Gasteiger partial charge in [0.15, 0.2) is 6.10 Å². The highest BCUT2D eigenvalue weighted by atomic mass is 16.4. The smallest absolute Gasteiger partial charge is 0.334 e. The molecule has 0 aliphatic rings.